The van der Waals surface area contributed by atoms with E-state index in [1.54, 1.807) is 25.3 Å². The van der Waals surface area contributed by atoms with Gasteiger partial charge in [-0.2, -0.15) is 0 Å². The third-order valence-electron chi connectivity index (χ3n) is 3.31. The van der Waals surface area contributed by atoms with Crippen LogP contribution in [0.25, 0.3) is 0 Å². The van der Waals surface area contributed by atoms with E-state index in [2.05, 4.69) is 13.8 Å². The first-order chi connectivity index (χ1) is 8.18. The van der Waals surface area contributed by atoms with Gasteiger partial charge in [0.25, 0.3) is 0 Å². The number of aromatic carboxylic acids is 1. The number of rotatable bonds is 5. The molecule has 0 saturated carbocycles. The van der Waals surface area contributed by atoms with Crippen molar-refractivity contribution in [2.24, 2.45) is 0 Å². The largest absolute Gasteiger partial charge is 0.478 e. The van der Waals surface area contributed by atoms with Crippen LogP contribution in [0.1, 0.15) is 50.0 Å². The molecule has 3 nitrogen and oxygen atoms in total. The molecule has 0 unspecified atom stereocenters. The smallest absolute Gasteiger partial charge is 0.335 e. The first-order valence-electron chi connectivity index (χ1n) is 6.07. The summed E-state index contributed by atoms with van der Waals surface area (Å²) in [4.78, 5) is 11.0. The lowest BCUT2D eigenvalue weighted by atomic mass is 9.76. The zero-order chi connectivity index (χ0) is 14.0. The lowest BCUT2D eigenvalue weighted by molar-refractivity contribution is 0.000115. The van der Waals surface area contributed by atoms with E-state index in [-0.39, 0.29) is 11.0 Å². The summed E-state index contributed by atoms with van der Waals surface area (Å²) in [6.45, 7) is 8.29. The summed E-state index contributed by atoms with van der Waals surface area (Å²) >= 11 is 0. The Labute approximate surface area is 109 Å². The molecule has 1 aromatic rings. The Morgan fingerprint density at radius 3 is 2.39 bits per heavy atom. The zero-order valence-corrected chi connectivity index (χ0v) is 11.8. The Bertz CT molecular complexity index is 433. The van der Waals surface area contributed by atoms with E-state index >= 15 is 0 Å². The van der Waals surface area contributed by atoms with Crippen molar-refractivity contribution in [3.63, 3.8) is 0 Å². The molecule has 0 heterocycles. The summed E-state index contributed by atoms with van der Waals surface area (Å²) in [5, 5.41) is 9.03. The van der Waals surface area contributed by atoms with Gasteiger partial charge in [0.2, 0.25) is 0 Å². The van der Waals surface area contributed by atoms with Crippen molar-refractivity contribution < 1.29 is 14.6 Å². The Morgan fingerprint density at radius 2 is 1.89 bits per heavy atom. The molecule has 0 radical (unpaired) electrons. The maximum Gasteiger partial charge on any atom is 0.335 e. The first kappa shape index (κ1) is 14.7. The highest BCUT2D eigenvalue weighted by molar-refractivity contribution is 5.87. The fourth-order valence-corrected chi connectivity index (χ4v) is 2.31. The van der Waals surface area contributed by atoms with Gasteiger partial charge < -0.3 is 9.84 Å². The van der Waals surface area contributed by atoms with Crippen molar-refractivity contribution in [2.45, 2.75) is 45.1 Å². The van der Waals surface area contributed by atoms with Crippen LogP contribution in [0, 0.1) is 0 Å². The molecule has 1 aromatic carbocycles. The third-order valence-corrected chi connectivity index (χ3v) is 3.31. The van der Waals surface area contributed by atoms with Crippen LogP contribution >= 0.6 is 0 Å². The van der Waals surface area contributed by atoms with E-state index < -0.39 is 5.97 Å². The van der Waals surface area contributed by atoms with Crippen LogP contribution in [0.5, 0.6) is 0 Å². The van der Waals surface area contributed by atoms with Crippen LogP contribution in [-0.4, -0.2) is 23.8 Å². The van der Waals surface area contributed by atoms with Gasteiger partial charge in [0.1, 0.15) is 0 Å². The van der Waals surface area contributed by atoms with Crippen molar-refractivity contribution in [1.29, 1.82) is 0 Å². The number of carbonyl (C=O) groups is 1. The fraction of sp³-hybridized carbons (Fsp3) is 0.533. The minimum absolute atomic E-state index is 0.134. The van der Waals surface area contributed by atoms with E-state index in [9.17, 15) is 4.79 Å². The lowest BCUT2D eigenvalue weighted by Crippen LogP contribution is -2.33. The summed E-state index contributed by atoms with van der Waals surface area (Å²) < 4.78 is 5.46. The molecule has 0 aliphatic rings. The Kier molecular flexibility index (Phi) is 4.17. The average molecular weight is 250 g/mol. The normalized spacial score (nSPS) is 12.5. The van der Waals surface area contributed by atoms with Gasteiger partial charge >= 0.3 is 5.97 Å². The van der Waals surface area contributed by atoms with Crippen molar-refractivity contribution in [3.05, 3.63) is 35.4 Å². The predicted molar refractivity (Wildman–Crippen MR) is 72.1 cm³/mol. The number of methoxy groups -OCH3 is 1. The fourth-order valence-electron chi connectivity index (χ4n) is 2.31. The van der Waals surface area contributed by atoms with Gasteiger partial charge in [-0.05, 0) is 43.4 Å². The summed E-state index contributed by atoms with van der Waals surface area (Å²) in [7, 11) is 1.70. The minimum atomic E-state index is -0.890. The van der Waals surface area contributed by atoms with E-state index in [1.807, 2.05) is 19.9 Å². The monoisotopic (exact) mass is 250 g/mol. The molecule has 0 amide bonds. The molecular weight excluding hydrogens is 228 g/mol. The standard InChI is InChI=1S/C15H22O3/c1-14(2,10-15(3,4)18-5)12-8-6-7-11(9-12)13(16)17/h6-9H,10H2,1-5H3,(H,16,17). The molecule has 3 heteroatoms. The lowest BCUT2D eigenvalue weighted by Gasteiger charge is -2.34. The number of carboxylic acid groups (broad SMARTS) is 1. The highest BCUT2D eigenvalue weighted by atomic mass is 16.5. The number of ether oxygens (including phenoxy) is 1. The van der Waals surface area contributed by atoms with Crippen LogP contribution in [0.15, 0.2) is 24.3 Å². The maximum absolute atomic E-state index is 11.0. The summed E-state index contributed by atoms with van der Waals surface area (Å²) in [6.07, 6.45) is 0.819. The SMILES string of the molecule is COC(C)(C)CC(C)(C)c1cccc(C(=O)O)c1. The quantitative estimate of drug-likeness (QED) is 0.870. The Hall–Kier alpha value is -1.35. The number of hydrogen-bond donors (Lipinski definition) is 1. The van der Waals surface area contributed by atoms with Crippen LogP contribution in [0.2, 0.25) is 0 Å². The van der Waals surface area contributed by atoms with Crippen molar-refractivity contribution in [2.75, 3.05) is 7.11 Å². The van der Waals surface area contributed by atoms with Gasteiger partial charge in [-0.3, -0.25) is 0 Å². The maximum atomic E-state index is 11.0. The van der Waals surface area contributed by atoms with Gasteiger partial charge in [0.15, 0.2) is 0 Å². The number of carboxylic acids is 1. The molecule has 1 N–H and O–H groups in total. The molecule has 0 aliphatic heterocycles. The van der Waals surface area contributed by atoms with Gasteiger partial charge in [-0.25, -0.2) is 4.79 Å². The topological polar surface area (TPSA) is 46.5 Å². The second-order valence-corrected chi connectivity index (χ2v) is 5.91. The van der Waals surface area contributed by atoms with E-state index in [1.165, 1.54) is 0 Å². The van der Waals surface area contributed by atoms with E-state index in [4.69, 9.17) is 9.84 Å². The molecule has 0 spiro atoms. The molecular formula is C15H22O3. The highest BCUT2D eigenvalue weighted by Gasteiger charge is 2.30. The van der Waals surface area contributed by atoms with Crippen molar-refractivity contribution >= 4 is 5.97 Å². The van der Waals surface area contributed by atoms with Crippen LogP contribution in [0.4, 0.5) is 0 Å². The third kappa shape index (κ3) is 3.57. The van der Waals surface area contributed by atoms with E-state index in [0.29, 0.717) is 5.56 Å². The van der Waals surface area contributed by atoms with Crippen LogP contribution in [-0.2, 0) is 10.2 Å². The van der Waals surface area contributed by atoms with Gasteiger partial charge in [-0.15, -0.1) is 0 Å². The van der Waals surface area contributed by atoms with Gasteiger partial charge in [-0.1, -0.05) is 26.0 Å². The van der Waals surface area contributed by atoms with Gasteiger partial charge in [0, 0.05) is 7.11 Å². The van der Waals surface area contributed by atoms with Crippen LogP contribution < -0.4 is 0 Å². The molecule has 18 heavy (non-hydrogen) atoms. The molecule has 0 atom stereocenters. The molecule has 100 valence electrons. The molecule has 0 aromatic heterocycles. The zero-order valence-electron chi connectivity index (χ0n) is 11.8. The number of benzene rings is 1. The average Bonchev–Trinajstić information content (AvgIpc) is 2.28. The van der Waals surface area contributed by atoms with E-state index in [0.717, 1.165) is 12.0 Å². The van der Waals surface area contributed by atoms with Gasteiger partial charge in [0.05, 0.1) is 11.2 Å². The predicted octanol–water partition coefficient (Wildman–Crippen LogP) is 3.48. The highest BCUT2D eigenvalue weighted by Crippen LogP contribution is 2.33. The first-order valence-corrected chi connectivity index (χ1v) is 6.07. The number of hydrogen-bond acceptors (Lipinski definition) is 2. The Balaban J connectivity index is 3.04. The second-order valence-electron chi connectivity index (χ2n) is 5.91. The molecule has 1 rings (SSSR count). The van der Waals surface area contributed by atoms with Crippen molar-refractivity contribution in [1.82, 2.24) is 0 Å². The second kappa shape index (κ2) is 5.11. The van der Waals surface area contributed by atoms with Crippen molar-refractivity contribution in [3.8, 4) is 0 Å². The molecule has 0 bridgehead atoms. The molecule has 0 aliphatic carbocycles. The minimum Gasteiger partial charge on any atom is -0.478 e. The Morgan fingerprint density at radius 1 is 1.28 bits per heavy atom. The summed E-state index contributed by atoms with van der Waals surface area (Å²) in [6, 6.07) is 7.12. The summed E-state index contributed by atoms with van der Waals surface area (Å²) in [5.74, 6) is -0.890. The molecule has 0 saturated heterocycles. The summed E-state index contributed by atoms with van der Waals surface area (Å²) in [5.41, 5.74) is 0.983. The van der Waals surface area contributed by atoms with Crippen LogP contribution in [0.3, 0.4) is 0 Å². The molecule has 0 fully saturated rings.